The predicted molar refractivity (Wildman–Crippen MR) is 108 cm³/mol. The molecule has 1 atom stereocenters. The van der Waals surface area contributed by atoms with E-state index in [9.17, 15) is 0 Å². The standard InChI is InChI=1S/C21H22N6/c1-3-7-15(8-4-1)11-13-22-21-23-19-18-17(25-26-19)12-14-27(20(18)24-21)16-9-5-2-6-10-16/h1-10,17,25H,11-14H2,(H2,22,23,24,26). The Labute approximate surface area is 158 Å². The van der Waals surface area contributed by atoms with Gasteiger partial charge >= 0.3 is 0 Å². The minimum absolute atomic E-state index is 0.272. The summed E-state index contributed by atoms with van der Waals surface area (Å²) in [6, 6.07) is 21.2. The van der Waals surface area contributed by atoms with E-state index >= 15 is 0 Å². The number of nitrogens with zero attached hydrogens (tertiary/aromatic N) is 3. The van der Waals surface area contributed by atoms with Gasteiger partial charge in [0.15, 0.2) is 5.82 Å². The monoisotopic (exact) mass is 358 g/mol. The van der Waals surface area contributed by atoms with E-state index in [0.29, 0.717) is 5.95 Å². The summed E-state index contributed by atoms with van der Waals surface area (Å²) in [5, 5.41) is 3.39. The average Bonchev–Trinajstić information content (AvgIpc) is 3.14. The highest BCUT2D eigenvalue weighted by Crippen LogP contribution is 2.43. The third kappa shape index (κ3) is 3.08. The highest BCUT2D eigenvalue weighted by molar-refractivity contribution is 5.73. The van der Waals surface area contributed by atoms with Crippen molar-refractivity contribution in [3.05, 3.63) is 71.8 Å². The minimum atomic E-state index is 0.272. The second-order valence-corrected chi connectivity index (χ2v) is 6.89. The van der Waals surface area contributed by atoms with Gasteiger partial charge in [-0.2, -0.15) is 9.97 Å². The largest absolute Gasteiger partial charge is 0.354 e. The van der Waals surface area contributed by atoms with Gasteiger partial charge in [-0.15, -0.1) is 0 Å². The molecule has 3 heterocycles. The number of aromatic nitrogens is 2. The number of para-hydroxylation sites is 1. The summed E-state index contributed by atoms with van der Waals surface area (Å²) in [6.07, 6.45) is 1.96. The molecule has 1 unspecified atom stereocenters. The van der Waals surface area contributed by atoms with Gasteiger partial charge in [0, 0.05) is 18.8 Å². The summed E-state index contributed by atoms with van der Waals surface area (Å²) in [7, 11) is 0. The Morgan fingerprint density at radius 3 is 2.59 bits per heavy atom. The molecule has 3 aromatic rings. The molecule has 27 heavy (non-hydrogen) atoms. The van der Waals surface area contributed by atoms with Crippen LogP contribution in [0.5, 0.6) is 0 Å². The first-order valence-electron chi connectivity index (χ1n) is 9.42. The van der Waals surface area contributed by atoms with Gasteiger partial charge in [0.1, 0.15) is 5.82 Å². The van der Waals surface area contributed by atoms with Crippen molar-refractivity contribution in [2.75, 3.05) is 28.7 Å². The van der Waals surface area contributed by atoms with E-state index in [1.807, 2.05) is 12.1 Å². The van der Waals surface area contributed by atoms with Crippen LogP contribution in [0.3, 0.4) is 0 Å². The van der Waals surface area contributed by atoms with Crippen molar-refractivity contribution in [1.29, 1.82) is 0 Å². The fourth-order valence-corrected chi connectivity index (χ4v) is 3.79. The minimum Gasteiger partial charge on any atom is -0.354 e. The summed E-state index contributed by atoms with van der Waals surface area (Å²) in [4.78, 5) is 11.8. The summed E-state index contributed by atoms with van der Waals surface area (Å²) >= 11 is 0. The lowest BCUT2D eigenvalue weighted by atomic mass is 10.0. The maximum absolute atomic E-state index is 4.88. The molecule has 136 valence electrons. The third-order valence-electron chi connectivity index (χ3n) is 5.14. The topological polar surface area (TPSA) is 65.1 Å². The maximum atomic E-state index is 4.88. The fourth-order valence-electron chi connectivity index (χ4n) is 3.79. The Kier molecular flexibility index (Phi) is 4.10. The Morgan fingerprint density at radius 2 is 1.78 bits per heavy atom. The molecule has 0 amide bonds. The van der Waals surface area contributed by atoms with Crippen LogP contribution in [0, 0.1) is 0 Å². The lowest BCUT2D eigenvalue weighted by Crippen LogP contribution is -2.31. The zero-order valence-electron chi connectivity index (χ0n) is 15.0. The Bertz CT molecular complexity index is 928. The predicted octanol–water partition coefficient (Wildman–Crippen LogP) is 3.64. The van der Waals surface area contributed by atoms with E-state index < -0.39 is 0 Å². The molecule has 6 heteroatoms. The van der Waals surface area contributed by atoms with Gasteiger partial charge in [0.2, 0.25) is 5.95 Å². The van der Waals surface area contributed by atoms with E-state index in [0.717, 1.165) is 37.6 Å². The normalized spacial score (nSPS) is 17.3. The van der Waals surface area contributed by atoms with Crippen LogP contribution in [-0.2, 0) is 6.42 Å². The first-order valence-corrected chi connectivity index (χ1v) is 9.42. The SMILES string of the molecule is c1ccc(CCNc2nc3c4c(n2)N(c2ccccc2)CCC4NN3)cc1. The van der Waals surface area contributed by atoms with Crippen molar-refractivity contribution < 1.29 is 0 Å². The van der Waals surface area contributed by atoms with Gasteiger partial charge in [-0.05, 0) is 30.5 Å². The van der Waals surface area contributed by atoms with Crippen LogP contribution in [0.2, 0.25) is 0 Å². The average molecular weight is 358 g/mol. The lowest BCUT2D eigenvalue weighted by molar-refractivity contribution is 0.556. The van der Waals surface area contributed by atoms with E-state index in [2.05, 4.69) is 74.6 Å². The number of nitrogens with one attached hydrogen (secondary N) is 3. The van der Waals surface area contributed by atoms with Crippen LogP contribution in [0.25, 0.3) is 0 Å². The van der Waals surface area contributed by atoms with Gasteiger partial charge in [-0.25, -0.2) is 5.43 Å². The molecule has 0 fully saturated rings. The number of benzene rings is 2. The van der Waals surface area contributed by atoms with Crippen molar-refractivity contribution in [3.8, 4) is 0 Å². The Morgan fingerprint density at radius 1 is 1.00 bits per heavy atom. The maximum Gasteiger partial charge on any atom is 0.226 e. The molecule has 1 aromatic heterocycles. The molecule has 0 aliphatic carbocycles. The molecule has 0 bridgehead atoms. The van der Waals surface area contributed by atoms with Crippen molar-refractivity contribution in [1.82, 2.24) is 15.4 Å². The van der Waals surface area contributed by atoms with Gasteiger partial charge in [0.25, 0.3) is 0 Å². The van der Waals surface area contributed by atoms with Gasteiger partial charge in [0.05, 0.1) is 11.6 Å². The number of anilines is 4. The number of hydrogen-bond acceptors (Lipinski definition) is 6. The van der Waals surface area contributed by atoms with Crippen LogP contribution >= 0.6 is 0 Å². The Balaban J connectivity index is 1.42. The molecule has 6 nitrogen and oxygen atoms in total. The second-order valence-electron chi connectivity index (χ2n) is 6.89. The molecule has 0 spiro atoms. The molecule has 0 saturated carbocycles. The van der Waals surface area contributed by atoms with Crippen LogP contribution < -0.4 is 21.1 Å². The zero-order valence-corrected chi connectivity index (χ0v) is 15.0. The summed E-state index contributed by atoms with van der Waals surface area (Å²) in [6.45, 7) is 1.72. The molecule has 2 aliphatic rings. The summed E-state index contributed by atoms with van der Waals surface area (Å²) in [5.74, 6) is 2.53. The van der Waals surface area contributed by atoms with E-state index in [1.165, 1.54) is 16.8 Å². The van der Waals surface area contributed by atoms with E-state index in [4.69, 9.17) is 4.98 Å². The fraction of sp³-hybridized carbons (Fsp3) is 0.238. The quantitative estimate of drug-likeness (QED) is 0.647. The van der Waals surface area contributed by atoms with E-state index in [1.54, 1.807) is 0 Å². The molecular weight excluding hydrogens is 336 g/mol. The summed E-state index contributed by atoms with van der Waals surface area (Å²) < 4.78 is 0. The Hall–Kier alpha value is -3.12. The van der Waals surface area contributed by atoms with Crippen LogP contribution in [0.4, 0.5) is 23.3 Å². The number of hydrogen-bond donors (Lipinski definition) is 3. The van der Waals surface area contributed by atoms with Gasteiger partial charge < -0.3 is 15.6 Å². The first-order chi connectivity index (χ1) is 13.4. The van der Waals surface area contributed by atoms with Crippen LogP contribution in [-0.4, -0.2) is 23.1 Å². The van der Waals surface area contributed by atoms with Crippen LogP contribution in [0.15, 0.2) is 60.7 Å². The van der Waals surface area contributed by atoms with E-state index in [-0.39, 0.29) is 6.04 Å². The zero-order chi connectivity index (χ0) is 18.1. The molecule has 2 aromatic carbocycles. The van der Waals surface area contributed by atoms with Crippen LogP contribution in [0.1, 0.15) is 23.6 Å². The van der Waals surface area contributed by atoms with Crippen molar-refractivity contribution in [2.45, 2.75) is 18.9 Å². The van der Waals surface area contributed by atoms with Gasteiger partial charge in [-0.3, -0.25) is 0 Å². The molecule has 5 rings (SSSR count). The second kappa shape index (κ2) is 6.89. The van der Waals surface area contributed by atoms with Crippen molar-refractivity contribution in [2.24, 2.45) is 0 Å². The van der Waals surface area contributed by atoms with Gasteiger partial charge in [-0.1, -0.05) is 48.5 Å². The number of rotatable bonds is 5. The molecule has 2 aliphatic heterocycles. The highest BCUT2D eigenvalue weighted by atomic mass is 15.4. The molecule has 0 saturated heterocycles. The van der Waals surface area contributed by atoms with Crippen molar-refractivity contribution >= 4 is 23.3 Å². The first kappa shape index (κ1) is 16.1. The smallest absolute Gasteiger partial charge is 0.226 e. The molecule has 0 radical (unpaired) electrons. The number of hydrazine groups is 1. The lowest BCUT2D eigenvalue weighted by Gasteiger charge is -2.32. The van der Waals surface area contributed by atoms with Crippen molar-refractivity contribution in [3.63, 3.8) is 0 Å². The molecule has 3 N–H and O–H groups in total. The summed E-state index contributed by atoms with van der Waals surface area (Å²) in [5.41, 5.74) is 10.2. The molecular formula is C21H22N6. The third-order valence-corrected chi connectivity index (χ3v) is 5.14. The highest BCUT2D eigenvalue weighted by Gasteiger charge is 2.35.